The van der Waals surface area contributed by atoms with E-state index in [0.717, 1.165) is 31.4 Å². The van der Waals surface area contributed by atoms with Crippen molar-refractivity contribution in [3.05, 3.63) is 71.9 Å². The van der Waals surface area contributed by atoms with Crippen molar-refractivity contribution in [2.45, 2.75) is 70.1 Å². The Morgan fingerprint density at radius 2 is 1.85 bits per heavy atom. The normalized spacial score (nSPS) is 21.2. The highest BCUT2D eigenvalue weighted by molar-refractivity contribution is 6.00. The number of rotatable bonds is 5. The Morgan fingerprint density at radius 3 is 2.56 bits per heavy atom. The first kappa shape index (κ1) is 22.4. The van der Waals surface area contributed by atoms with Gasteiger partial charge < -0.3 is 19.2 Å². The van der Waals surface area contributed by atoms with Gasteiger partial charge in [0.2, 0.25) is 5.91 Å². The number of hydrogen-bond donors (Lipinski definition) is 1. The smallest absolute Gasteiger partial charge is 0.271 e. The van der Waals surface area contributed by atoms with Crippen LogP contribution in [-0.2, 0) is 17.9 Å². The monoisotopic (exact) mass is 463 g/mol. The van der Waals surface area contributed by atoms with E-state index >= 15 is 0 Å². The van der Waals surface area contributed by atoms with Crippen molar-refractivity contribution < 1.29 is 18.4 Å². The topological polar surface area (TPSA) is 67.5 Å². The van der Waals surface area contributed by atoms with Crippen molar-refractivity contribution in [2.75, 3.05) is 0 Å². The molecule has 3 aromatic rings. The van der Waals surface area contributed by atoms with Crippen LogP contribution >= 0.6 is 0 Å². The molecule has 1 aliphatic heterocycles. The molecule has 2 aliphatic rings. The number of nitrogens with zero attached hydrogens (tertiary/aromatic N) is 2. The fourth-order valence-corrected chi connectivity index (χ4v) is 5.24. The Labute approximate surface area is 198 Å². The number of carbonyl (C=O) groups is 2. The summed E-state index contributed by atoms with van der Waals surface area (Å²) in [6, 6.07) is 13.6. The van der Waals surface area contributed by atoms with Crippen molar-refractivity contribution in [1.29, 1.82) is 0 Å². The van der Waals surface area contributed by atoms with Crippen LogP contribution in [0.4, 0.5) is 4.39 Å². The third-order valence-corrected chi connectivity index (χ3v) is 7.19. The number of fused-ring (bicyclic) bond motifs is 1. The van der Waals surface area contributed by atoms with Gasteiger partial charge >= 0.3 is 0 Å². The van der Waals surface area contributed by atoms with Gasteiger partial charge in [0.25, 0.3) is 5.91 Å². The maximum absolute atomic E-state index is 13.9. The lowest BCUT2D eigenvalue weighted by atomic mass is 9.92. The lowest BCUT2D eigenvalue weighted by Gasteiger charge is -2.45. The second-order valence-electron chi connectivity index (χ2n) is 9.62. The minimum Gasteiger partial charge on any atom is -0.463 e. The van der Waals surface area contributed by atoms with Crippen molar-refractivity contribution in [2.24, 2.45) is 0 Å². The molecule has 7 heteroatoms. The Morgan fingerprint density at radius 1 is 1.09 bits per heavy atom. The molecule has 1 N–H and O–H groups in total. The molecule has 1 unspecified atom stereocenters. The van der Waals surface area contributed by atoms with E-state index in [1.165, 1.54) is 25.0 Å². The number of hydrogen-bond acceptors (Lipinski definition) is 3. The molecule has 1 aliphatic carbocycles. The first-order valence-electron chi connectivity index (χ1n) is 12.1. The molecule has 0 bridgehead atoms. The van der Waals surface area contributed by atoms with Crippen LogP contribution in [0.2, 0.25) is 0 Å². The van der Waals surface area contributed by atoms with Gasteiger partial charge in [-0.05, 0) is 61.7 Å². The largest absolute Gasteiger partial charge is 0.463 e. The van der Waals surface area contributed by atoms with Gasteiger partial charge in [0.05, 0.1) is 18.5 Å². The molecule has 0 spiro atoms. The highest BCUT2D eigenvalue weighted by Crippen LogP contribution is 2.34. The van der Waals surface area contributed by atoms with Crippen LogP contribution in [0.5, 0.6) is 0 Å². The molecule has 6 nitrogen and oxygen atoms in total. The van der Waals surface area contributed by atoms with E-state index in [9.17, 15) is 14.0 Å². The van der Waals surface area contributed by atoms with Gasteiger partial charge in [0, 0.05) is 12.6 Å². The molecule has 0 radical (unpaired) electrons. The molecule has 1 fully saturated rings. The molecular weight excluding hydrogens is 433 g/mol. The zero-order valence-corrected chi connectivity index (χ0v) is 19.4. The Balaban J connectivity index is 1.52. The highest BCUT2D eigenvalue weighted by Gasteiger charge is 2.48. The summed E-state index contributed by atoms with van der Waals surface area (Å²) >= 11 is 0. The quantitative estimate of drug-likeness (QED) is 0.533. The molecule has 2 aromatic heterocycles. The predicted molar refractivity (Wildman–Crippen MR) is 126 cm³/mol. The molecule has 3 heterocycles. The summed E-state index contributed by atoms with van der Waals surface area (Å²) in [7, 11) is 0. The molecule has 2 amide bonds. The van der Waals surface area contributed by atoms with Crippen LogP contribution in [-0.4, -0.2) is 32.9 Å². The first-order chi connectivity index (χ1) is 16.5. The third-order valence-electron chi connectivity index (χ3n) is 7.19. The Hall–Kier alpha value is -3.35. The number of benzene rings is 1. The molecule has 1 aromatic carbocycles. The number of halogens is 1. The van der Waals surface area contributed by atoms with Crippen LogP contribution in [0, 0.1) is 5.82 Å². The van der Waals surface area contributed by atoms with Crippen LogP contribution in [0.15, 0.2) is 59.2 Å². The van der Waals surface area contributed by atoms with Gasteiger partial charge in [-0.25, -0.2) is 4.39 Å². The molecule has 5 rings (SSSR count). The third kappa shape index (κ3) is 4.15. The van der Waals surface area contributed by atoms with Crippen molar-refractivity contribution >= 4 is 11.8 Å². The number of nitrogens with one attached hydrogen (secondary N) is 1. The minimum atomic E-state index is -1.15. The number of amides is 2. The second-order valence-corrected chi connectivity index (χ2v) is 9.62. The lowest BCUT2D eigenvalue weighted by molar-refractivity contribution is -0.134. The van der Waals surface area contributed by atoms with Gasteiger partial charge in [0.15, 0.2) is 0 Å². The fourth-order valence-electron chi connectivity index (χ4n) is 5.24. The average molecular weight is 464 g/mol. The molecule has 0 saturated heterocycles. The zero-order valence-electron chi connectivity index (χ0n) is 19.4. The van der Waals surface area contributed by atoms with Gasteiger partial charge in [-0.1, -0.05) is 37.8 Å². The van der Waals surface area contributed by atoms with Crippen LogP contribution < -0.4 is 5.32 Å². The first-order valence-corrected chi connectivity index (χ1v) is 12.1. The summed E-state index contributed by atoms with van der Waals surface area (Å²) in [5.41, 5.74) is 0.742. The molecule has 1 saturated carbocycles. The van der Waals surface area contributed by atoms with Gasteiger partial charge in [-0.15, -0.1) is 0 Å². The SMILES string of the molecule is CC1(C(=O)NC2CCCCCC2)Cn2c(ccc2-c2ccco2)C(=O)N1Cc1cccc(F)c1. The highest BCUT2D eigenvalue weighted by atomic mass is 19.1. The van der Waals surface area contributed by atoms with Crippen molar-refractivity contribution in [3.8, 4) is 11.5 Å². The number of aromatic nitrogens is 1. The van der Waals surface area contributed by atoms with Crippen LogP contribution in [0.25, 0.3) is 11.5 Å². The van der Waals surface area contributed by atoms with Gasteiger partial charge in [0.1, 0.15) is 22.8 Å². The van der Waals surface area contributed by atoms with E-state index < -0.39 is 5.54 Å². The van der Waals surface area contributed by atoms with Crippen LogP contribution in [0.1, 0.15) is 61.5 Å². The molecule has 178 valence electrons. The van der Waals surface area contributed by atoms with Gasteiger partial charge in [-0.2, -0.15) is 0 Å². The van der Waals surface area contributed by atoms with E-state index in [1.807, 2.05) is 23.6 Å². The Bertz CT molecular complexity index is 1180. The molecule has 34 heavy (non-hydrogen) atoms. The summed E-state index contributed by atoms with van der Waals surface area (Å²) in [5, 5.41) is 3.25. The van der Waals surface area contributed by atoms with E-state index in [2.05, 4.69) is 5.32 Å². The number of furan rings is 1. The van der Waals surface area contributed by atoms with E-state index in [1.54, 1.807) is 35.4 Å². The van der Waals surface area contributed by atoms with Crippen LogP contribution in [0.3, 0.4) is 0 Å². The maximum Gasteiger partial charge on any atom is 0.271 e. The maximum atomic E-state index is 13.9. The average Bonchev–Trinajstić information content (AvgIpc) is 3.41. The lowest BCUT2D eigenvalue weighted by Crippen LogP contribution is -2.64. The molecule has 1 atom stereocenters. The van der Waals surface area contributed by atoms with E-state index in [0.29, 0.717) is 17.0 Å². The molecular formula is C27H30FN3O3. The summed E-state index contributed by atoms with van der Waals surface area (Å²) in [6.45, 7) is 2.24. The fraction of sp³-hybridized carbons (Fsp3) is 0.407. The summed E-state index contributed by atoms with van der Waals surface area (Å²) in [4.78, 5) is 29.2. The number of carbonyl (C=O) groups excluding carboxylic acids is 2. The van der Waals surface area contributed by atoms with Crippen molar-refractivity contribution in [1.82, 2.24) is 14.8 Å². The van der Waals surface area contributed by atoms with Gasteiger partial charge in [-0.3, -0.25) is 9.59 Å². The standard InChI is InChI=1S/C27H30FN3O3/c1-27(26(33)29-21-10-4-2-3-5-11-21)18-30-22(24-12-7-15-34-24)13-14-23(30)25(32)31(27)17-19-8-6-9-20(28)16-19/h6-9,12-16,21H,2-5,10-11,17-18H2,1H3,(H,29,33). The second kappa shape index (κ2) is 9.12. The summed E-state index contributed by atoms with van der Waals surface area (Å²) < 4.78 is 21.4. The van der Waals surface area contributed by atoms with E-state index in [-0.39, 0.29) is 36.8 Å². The summed E-state index contributed by atoms with van der Waals surface area (Å²) in [6.07, 6.45) is 8.06. The zero-order chi connectivity index (χ0) is 23.7. The minimum absolute atomic E-state index is 0.105. The van der Waals surface area contributed by atoms with Crippen molar-refractivity contribution in [3.63, 3.8) is 0 Å². The van der Waals surface area contributed by atoms with E-state index in [4.69, 9.17) is 4.42 Å². The Kier molecular flexibility index (Phi) is 6.02. The predicted octanol–water partition coefficient (Wildman–Crippen LogP) is 5.14. The summed E-state index contributed by atoms with van der Waals surface area (Å²) in [5.74, 6) is -0.153.